The van der Waals surface area contributed by atoms with Crippen LogP contribution < -0.4 is 0 Å². The van der Waals surface area contributed by atoms with Crippen molar-refractivity contribution in [1.29, 1.82) is 0 Å². The molecule has 3 rings (SSSR count). The monoisotopic (exact) mass is 206 g/mol. The topological polar surface area (TPSA) is 17.1 Å². The van der Waals surface area contributed by atoms with Gasteiger partial charge in [-0.25, -0.2) is 0 Å². The summed E-state index contributed by atoms with van der Waals surface area (Å²) in [6.07, 6.45) is 11.9. The Balaban J connectivity index is 1.60. The summed E-state index contributed by atoms with van der Waals surface area (Å²) in [5.41, 5.74) is 0. The number of hydrogen-bond donors (Lipinski definition) is 0. The van der Waals surface area contributed by atoms with Crippen LogP contribution in [0.3, 0.4) is 0 Å². The van der Waals surface area contributed by atoms with Gasteiger partial charge in [-0.3, -0.25) is 4.79 Å². The Kier molecular flexibility index (Phi) is 2.58. The fourth-order valence-corrected chi connectivity index (χ4v) is 4.07. The first-order valence-electron chi connectivity index (χ1n) is 6.91. The van der Waals surface area contributed by atoms with E-state index in [4.69, 9.17) is 0 Å². The molecule has 3 saturated carbocycles. The highest BCUT2D eigenvalue weighted by Gasteiger charge is 2.55. The molecule has 2 atom stereocenters. The standard InChI is InChI=1S/C14H22O/c15-14(10-6-2-1-3-7-10)13-11-8-4-5-9-12(11)13/h10-13H,1-9H2. The average Bonchev–Trinajstić information content (AvgIpc) is 3.03. The Bertz CT molecular complexity index is 240. The van der Waals surface area contributed by atoms with Crippen LogP contribution in [0.1, 0.15) is 57.8 Å². The van der Waals surface area contributed by atoms with Crippen LogP contribution in [0.2, 0.25) is 0 Å². The van der Waals surface area contributed by atoms with Crippen molar-refractivity contribution in [2.24, 2.45) is 23.7 Å². The Hall–Kier alpha value is -0.330. The number of rotatable bonds is 2. The first-order chi connectivity index (χ1) is 7.38. The molecule has 1 heteroatoms. The second-order valence-corrected chi connectivity index (χ2v) is 5.88. The van der Waals surface area contributed by atoms with Crippen LogP contribution in [0.5, 0.6) is 0 Å². The van der Waals surface area contributed by atoms with Gasteiger partial charge in [0.1, 0.15) is 5.78 Å². The predicted octanol–water partition coefficient (Wildman–Crippen LogP) is 3.57. The normalized spacial score (nSPS) is 40.9. The van der Waals surface area contributed by atoms with Gasteiger partial charge in [-0.05, 0) is 37.5 Å². The number of fused-ring (bicyclic) bond motifs is 1. The van der Waals surface area contributed by atoms with Crippen molar-refractivity contribution in [1.82, 2.24) is 0 Å². The van der Waals surface area contributed by atoms with Crippen LogP contribution in [0.15, 0.2) is 0 Å². The van der Waals surface area contributed by atoms with E-state index in [1.54, 1.807) is 0 Å². The molecule has 0 aromatic rings. The Morgan fingerprint density at radius 1 is 0.733 bits per heavy atom. The molecule has 2 unspecified atom stereocenters. The van der Waals surface area contributed by atoms with Gasteiger partial charge in [0.05, 0.1) is 0 Å². The second kappa shape index (κ2) is 3.92. The van der Waals surface area contributed by atoms with Crippen LogP contribution >= 0.6 is 0 Å². The van der Waals surface area contributed by atoms with Crippen molar-refractivity contribution in [3.8, 4) is 0 Å². The van der Waals surface area contributed by atoms with Gasteiger partial charge in [0.2, 0.25) is 0 Å². The van der Waals surface area contributed by atoms with E-state index >= 15 is 0 Å². The van der Waals surface area contributed by atoms with Crippen LogP contribution in [0.4, 0.5) is 0 Å². The number of carbonyl (C=O) groups excluding carboxylic acids is 1. The summed E-state index contributed by atoms with van der Waals surface area (Å²) < 4.78 is 0. The summed E-state index contributed by atoms with van der Waals surface area (Å²) in [7, 11) is 0. The minimum Gasteiger partial charge on any atom is -0.299 e. The molecule has 0 aromatic heterocycles. The molecular formula is C14H22O. The van der Waals surface area contributed by atoms with Gasteiger partial charge in [-0.15, -0.1) is 0 Å². The van der Waals surface area contributed by atoms with Crippen molar-refractivity contribution in [3.63, 3.8) is 0 Å². The summed E-state index contributed by atoms with van der Waals surface area (Å²) in [5, 5.41) is 0. The van der Waals surface area contributed by atoms with E-state index in [0.717, 1.165) is 11.8 Å². The molecule has 0 spiro atoms. The smallest absolute Gasteiger partial charge is 0.139 e. The number of hydrogen-bond acceptors (Lipinski definition) is 1. The van der Waals surface area contributed by atoms with Gasteiger partial charge < -0.3 is 0 Å². The SMILES string of the molecule is O=C(C1CCCCC1)C1C2CCCCC21. The highest BCUT2D eigenvalue weighted by molar-refractivity contribution is 5.86. The molecular weight excluding hydrogens is 184 g/mol. The zero-order chi connectivity index (χ0) is 10.3. The Morgan fingerprint density at radius 3 is 1.87 bits per heavy atom. The Morgan fingerprint density at radius 2 is 1.27 bits per heavy atom. The minimum atomic E-state index is 0.467. The summed E-state index contributed by atoms with van der Waals surface area (Å²) in [5.74, 6) is 3.32. The van der Waals surface area contributed by atoms with Crippen molar-refractivity contribution in [2.45, 2.75) is 57.8 Å². The molecule has 0 aromatic carbocycles. The third kappa shape index (κ3) is 1.74. The largest absolute Gasteiger partial charge is 0.299 e. The first kappa shape index (κ1) is 9.86. The van der Waals surface area contributed by atoms with Gasteiger partial charge >= 0.3 is 0 Å². The summed E-state index contributed by atoms with van der Waals surface area (Å²) in [6, 6.07) is 0. The van der Waals surface area contributed by atoms with Gasteiger partial charge in [-0.1, -0.05) is 32.1 Å². The van der Waals surface area contributed by atoms with Gasteiger partial charge in [0.25, 0.3) is 0 Å². The van der Waals surface area contributed by atoms with Crippen LogP contribution in [0.25, 0.3) is 0 Å². The maximum absolute atomic E-state index is 12.3. The molecule has 15 heavy (non-hydrogen) atoms. The highest BCUT2D eigenvalue weighted by Crippen LogP contribution is 2.57. The summed E-state index contributed by atoms with van der Waals surface area (Å²) in [4.78, 5) is 12.3. The van der Waals surface area contributed by atoms with E-state index in [0.29, 0.717) is 17.6 Å². The zero-order valence-corrected chi connectivity index (χ0v) is 9.58. The highest BCUT2D eigenvalue weighted by atomic mass is 16.1. The van der Waals surface area contributed by atoms with Gasteiger partial charge in [0, 0.05) is 11.8 Å². The fourth-order valence-electron chi connectivity index (χ4n) is 4.07. The van der Waals surface area contributed by atoms with Crippen molar-refractivity contribution >= 4 is 5.78 Å². The maximum atomic E-state index is 12.3. The molecule has 3 aliphatic rings. The molecule has 0 aliphatic heterocycles. The lowest BCUT2D eigenvalue weighted by Crippen LogP contribution is -2.20. The average molecular weight is 206 g/mol. The molecule has 0 N–H and O–H groups in total. The summed E-state index contributed by atoms with van der Waals surface area (Å²) >= 11 is 0. The molecule has 1 nitrogen and oxygen atoms in total. The first-order valence-corrected chi connectivity index (χ1v) is 6.91. The third-order valence-corrected chi connectivity index (χ3v) is 4.99. The Labute approximate surface area is 92.6 Å². The van der Waals surface area contributed by atoms with E-state index in [9.17, 15) is 4.79 Å². The van der Waals surface area contributed by atoms with Crippen molar-refractivity contribution < 1.29 is 4.79 Å². The lowest BCUT2D eigenvalue weighted by molar-refractivity contribution is -0.125. The van der Waals surface area contributed by atoms with E-state index in [1.807, 2.05) is 0 Å². The molecule has 0 bridgehead atoms. The van der Waals surface area contributed by atoms with Gasteiger partial charge in [0.15, 0.2) is 0 Å². The quantitative estimate of drug-likeness (QED) is 0.675. The molecule has 0 amide bonds. The fraction of sp³-hybridized carbons (Fsp3) is 0.929. The number of ketones is 1. The predicted molar refractivity (Wildman–Crippen MR) is 60.5 cm³/mol. The summed E-state index contributed by atoms with van der Waals surface area (Å²) in [6.45, 7) is 0. The van der Waals surface area contributed by atoms with E-state index < -0.39 is 0 Å². The van der Waals surface area contributed by atoms with Crippen LogP contribution in [-0.2, 0) is 4.79 Å². The molecule has 0 heterocycles. The lowest BCUT2D eigenvalue weighted by atomic mass is 9.84. The molecule has 84 valence electrons. The van der Waals surface area contributed by atoms with E-state index in [-0.39, 0.29) is 0 Å². The number of Topliss-reactive ketones (excluding diaryl/α,β-unsaturated/α-hetero) is 1. The third-order valence-electron chi connectivity index (χ3n) is 4.99. The molecule has 0 saturated heterocycles. The maximum Gasteiger partial charge on any atom is 0.139 e. The van der Waals surface area contributed by atoms with E-state index in [2.05, 4.69) is 0 Å². The molecule has 3 aliphatic carbocycles. The van der Waals surface area contributed by atoms with Gasteiger partial charge in [-0.2, -0.15) is 0 Å². The number of carbonyl (C=O) groups is 1. The lowest BCUT2D eigenvalue weighted by Gasteiger charge is -2.20. The zero-order valence-electron chi connectivity index (χ0n) is 9.58. The molecule has 3 fully saturated rings. The van der Waals surface area contributed by atoms with Crippen LogP contribution in [0, 0.1) is 23.7 Å². The minimum absolute atomic E-state index is 0.467. The second-order valence-electron chi connectivity index (χ2n) is 5.88. The van der Waals surface area contributed by atoms with Crippen molar-refractivity contribution in [3.05, 3.63) is 0 Å². The van der Waals surface area contributed by atoms with E-state index in [1.165, 1.54) is 57.8 Å². The van der Waals surface area contributed by atoms with Crippen LogP contribution in [-0.4, -0.2) is 5.78 Å². The molecule has 0 radical (unpaired) electrons. The van der Waals surface area contributed by atoms with Crippen molar-refractivity contribution in [2.75, 3.05) is 0 Å².